The first-order chi connectivity index (χ1) is 10.2. The molecule has 0 bridgehead atoms. The maximum absolute atomic E-state index is 6.14. The van der Waals surface area contributed by atoms with E-state index in [-0.39, 0.29) is 0 Å². The lowest BCUT2D eigenvalue weighted by atomic mass is 10.2. The van der Waals surface area contributed by atoms with Gasteiger partial charge in [-0.15, -0.1) is 0 Å². The number of ether oxygens (including phenoxy) is 1. The van der Waals surface area contributed by atoms with Crippen molar-refractivity contribution >= 4 is 22.5 Å². The van der Waals surface area contributed by atoms with E-state index in [1.54, 1.807) is 6.20 Å². The second-order valence-corrected chi connectivity index (χ2v) is 5.00. The molecule has 0 radical (unpaired) electrons. The molecular weight excluding hydrogens is 286 g/mol. The molecule has 1 aromatic carbocycles. The molecule has 5 heteroatoms. The summed E-state index contributed by atoms with van der Waals surface area (Å²) in [5.74, 6) is 1.86. The van der Waals surface area contributed by atoms with Gasteiger partial charge in [0.15, 0.2) is 0 Å². The van der Waals surface area contributed by atoms with E-state index in [0.717, 1.165) is 16.5 Å². The third-order valence-corrected chi connectivity index (χ3v) is 3.58. The molecule has 0 aliphatic heterocycles. The summed E-state index contributed by atoms with van der Waals surface area (Å²) in [7, 11) is 0. The van der Waals surface area contributed by atoms with E-state index in [1.165, 1.54) is 0 Å². The van der Waals surface area contributed by atoms with Gasteiger partial charge in [-0.25, -0.2) is 4.98 Å². The molecule has 3 rings (SSSR count). The van der Waals surface area contributed by atoms with Gasteiger partial charge < -0.3 is 4.74 Å². The molecule has 4 nitrogen and oxygen atoms in total. The van der Waals surface area contributed by atoms with Crippen LogP contribution in [0.2, 0.25) is 5.15 Å². The predicted molar refractivity (Wildman–Crippen MR) is 83.0 cm³/mol. The smallest absolute Gasteiger partial charge is 0.227 e. The molecule has 0 atom stereocenters. The van der Waals surface area contributed by atoms with Crippen molar-refractivity contribution in [2.24, 2.45) is 0 Å². The molecular formula is C16H14ClN3O. The van der Waals surface area contributed by atoms with E-state index in [1.807, 2.05) is 44.2 Å². The first kappa shape index (κ1) is 13.8. The average molecular weight is 300 g/mol. The second-order valence-electron chi connectivity index (χ2n) is 4.64. The highest BCUT2D eigenvalue weighted by molar-refractivity contribution is 6.30. The Morgan fingerprint density at radius 1 is 1.14 bits per heavy atom. The van der Waals surface area contributed by atoms with Crippen LogP contribution < -0.4 is 4.74 Å². The molecule has 0 spiro atoms. The molecule has 0 saturated heterocycles. The van der Waals surface area contributed by atoms with Crippen molar-refractivity contribution in [3.8, 4) is 11.6 Å². The van der Waals surface area contributed by atoms with Crippen LogP contribution in [0.15, 0.2) is 36.5 Å². The molecule has 0 saturated carbocycles. The lowest BCUT2D eigenvalue weighted by molar-refractivity contribution is 0.459. The normalized spacial score (nSPS) is 10.8. The van der Waals surface area contributed by atoms with E-state index in [0.29, 0.717) is 29.0 Å². The lowest BCUT2D eigenvalue weighted by Gasteiger charge is -2.11. The van der Waals surface area contributed by atoms with Crippen molar-refractivity contribution in [2.45, 2.75) is 20.3 Å². The van der Waals surface area contributed by atoms with Crippen LogP contribution in [0.25, 0.3) is 10.9 Å². The third kappa shape index (κ3) is 2.67. The fraction of sp³-hybridized carbons (Fsp3) is 0.188. The van der Waals surface area contributed by atoms with Gasteiger partial charge in [-0.3, -0.25) is 4.98 Å². The zero-order chi connectivity index (χ0) is 14.8. The quantitative estimate of drug-likeness (QED) is 0.675. The van der Waals surface area contributed by atoms with Crippen LogP contribution >= 0.6 is 11.6 Å². The number of rotatable bonds is 3. The number of hydrogen-bond acceptors (Lipinski definition) is 4. The molecule has 0 aliphatic carbocycles. The van der Waals surface area contributed by atoms with Crippen LogP contribution in [0.4, 0.5) is 0 Å². The molecule has 0 amide bonds. The predicted octanol–water partition coefficient (Wildman–Crippen LogP) is 4.34. The number of halogens is 1. The highest BCUT2D eigenvalue weighted by atomic mass is 35.5. The van der Waals surface area contributed by atoms with E-state index >= 15 is 0 Å². The number of benzene rings is 1. The van der Waals surface area contributed by atoms with Crippen LogP contribution in [0, 0.1) is 6.92 Å². The molecule has 2 heterocycles. The second kappa shape index (κ2) is 5.66. The number of pyridine rings is 1. The molecule has 0 N–H and O–H groups in total. The van der Waals surface area contributed by atoms with Crippen molar-refractivity contribution in [3.05, 3.63) is 53.1 Å². The van der Waals surface area contributed by atoms with E-state index < -0.39 is 0 Å². The highest BCUT2D eigenvalue weighted by Crippen LogP contribution is 2.31. The Hall–Kier alpha value is -2.20. The largest absolute Gasteiger partial charge is 0.438 e. The Balaban J connectivity index is 2.09. The van der Waals surface area contributed by atoms with Crippen molar-refractivity contribution in [3.63, 3.8) is 0 Å². The zero-order valence-corrected chi connectivity index (χ0v) is 12.6. The van der Waals surface area contributed by atoms with Gasteiger partial charge in [0, 0.05) is 23.6 Å². The SMILES string of the molecule is CCc1nc(Cl)c(C)c(Oc2cccc3ncccc23)n1. The minimum absolute atomic E-state index is 0.426. The highest BCUT2D eigenvalue weighted by Gasteiger charge is 2.12. The van der Waals surface area contributed by atoms with Crippen molar-refractivity contribution in [2.75, 3.05) is 0 Å². The summed E-state index contributed by atoms with van der Waals surface area (Å²) < 4.78 is 5.97. The Morgan fingerprint density at radius 3 is 2.81 bits per heavy atom. The first-order valence-corrected chi connectivity index (χ1v) is 7.11. The van der Waals surface area contributed by atoms with Crippen LogP contribution in [-0.4, -0.2) is 15.0 Å². The van der Waals surface area contributed by atoms with E-state index in [9.17, 15) is 0 Å². The Labute approximate surface area is 127 Å². The molecule has 0 fully saturated rings. The minimum atomic E-state index is 0.426. The topological polar surface area (TPSA) is 47.9 Å². The van der Waals surface area contributed by atoms with Gasteiger partial charge in [-0.1, -0.05) is 24.6 Å². The number of aromatic nitrogens is 3. The van der Waals surface area contributed by atoms with Gasteiger partial charge in [0.25, 0.3) is 0 Å². The fourth-order valence-electron chi connectivity index (χ4n) is 2.04. The Morgan fingerprint density at radius 2 is 2.00 bits per heavy atom. The molecule has 106 valence electrons. The Bertz CT molecular complexity index is 799. The summed E-state index contributed by atoms with van der Waals surface area (Å²) in [6, 6.07) is 9.59. The summed E-state index contributed by atoms with van der Waals surface area (Å²) in [6.45, 7) is 3.83. The molecule has 3 aromatic rings. The maximum atomic E-state index is 6.14. The standard InChI is InChI=1S/C16H14ClN3O/c1-3-14-19-15(17)10(2)16(20-14)21-13-8-4-7-12-11(13)6-5-9-18-12/h4-9H,3H2,1-2H3. The van der Waals surface area contributed by atoms with Gasteiger partial charge in [0.05, 0.1) is 5.52 Å². The lowest BCUT2D eigenvalue weighted by Crippen LogP contribution is -2.00. The maximum Gasteiger partial charge on any atom is 0.227 e. The molecule has 21 heavy (non-hydrogen) atoms. The monoisotopic (exact) mass is 299 g/mol. The first-order valence-electron chi connectivity index (χ1n) is 6.73. The van der Waals surface area contributed by atoms with Gasteiger partial charge >= 0.3 is 0 Å². The van der Waals surface area contributed by atoms with Gasteiger partial charge in [-0.2, -0.15) is 4.98 Å². The average Bonchev–Trinajstić information content (AvgIpc) is 2.52. The third-order valence-electron chi connectivity index (χ3n) is 3.22. The molecule has 0 aliphatic rings. The van der Waals surface area contributed by atoms with Crippen LogP contribution in [0.1, 0.15) is 18.3 Å². The van der Waals surface area contributed by atoms with Crippen LogP contribution in [0.3, 0.4) is 0 Å². The minimum Gasteiger partial charge on any atom is -0.438 e. The molecule has 2 aromatic heterocycles. The summed E-state index contributed by atoms with van der Waals surface area (Å²) >= 11 is 6.14. The fourth-order valence-corrected chi connectivity index (χ4v) is 2.22. The molecule has 0 unspecified atom stereocenters. The van der Waals surface area contributed by atoms with E-state index in [4.69, 9.17) is 16.3 Å². The zero-order valence-electron chi connectivity index (χ0n) is 11.8. The van der Waals surface area contributed by atoms with Gasteiger partial charge in [0.1, 0.15) is 16.7 Å². The number of fused-ring (bicyclic) bond motifs is 1. The summed E-state index contributed by atoms with van der Waals surface area (Å²) in [6.07, 6.45) is 2.46. The number of hydrogen-bond donors (Lipinski definition) is 0. The summed E-state index contributed by atoms with van der Waals surface area (Å²) in [5.41, 5.74) is 1.61. The van der Waals surface area contributed by atoms with E-state index in [2.05, 4.69) is 15.0 Å². The van der Waals surface area contributed by atoms with Crippen molar-refractivity contribution in [1.82, 2.24) is 15.0 Å². The number of nitrogens with zero attached hydrogens (tertiary/aromatic N) is 3. The van der Waals surface area contributed by atoms with Crippen LogP contribution in [0.5, 0.6) is 11.6 Å². The van der Waals surface area contributed by atoms with Gasteiger partial charge in [-0.05, 0) is 31.2 Å². The summed E-state index contributed by atoms with van der Waals surface area (Å²) in [4.78, 5) is 13.0. The Kier molecular flexibility index (Phi) is 3.71. The van der Waals surface area contributed by atoms with Crippen LogP contribution in [-0.2, 0) is 6.42 Å². The summed E-state index contributed by atoms with van der Waals surface area (Å²) in [5, 5.41) is 1.36. The van der Waals surface area contributed by atoms with Crippen molar-refractivity contribution < 1.29 is 4.74 Å². The van der Waals surface area contributed by atoms with Gasteiger partial charge in [0.2, 0.25) is 5.88 Å². The van der Waals surface area contributed by atoms with Crippen molar-refractivity contribution in [1.29, 1.82) is 0 Å². The number of aryl methyl sites for hydroxylation is 1.